The molecule has 0 aliphatic rings. The van der Waals surface area contributed by atoms with Crippen LogP contribution in [0.2, 0.25) is 0 Å². The van der Waals surface area contributed by atoms with Crippen LogP contribution < -0.4 is 11.5 Å². The lowest BCUT2D eigenvalue weighted by molar-refractivity contribution is 0.366. The molecule has 2 heterocycles. The molecule has 0 saturated heterocycles. The van der Waals surface area contributed by atoms with Gasteiger partial charge >= 0.3 is 0 Å². The maximum Gasteiger partial charge on any atom is 0.260 e. The van der Waals surface area contributed by atoms with Crippen molar-refractivity contribution in [2.75, 3.05) is 11.5 Å². The van der Waals surface area contributed by atoms with Crippen molar-refractivity contribution in [1.82, 2.24) is 19.9 Å². The summed E-state index contributed by atoms with van der Waals surface area (Å²) in [5, 5.41) is 7.38. The largest absolute Gasteiger partial charge is 0.396 e. The summed E-state index contributed by atoms with van der Waals surface area (Å²) < 4.78 is 6.38. The van der Waals surface area contributed by atoms with Crippen molar-refractivity contribution >= 4 is 11.6 Å². The van der Waals surface area contributed by atoms with Crippen LogP contribution in [0.1, 0.15) is 5.89 Å². The molecule has 0 saturated carbocycles. The van der Waals surface area contributed by atoms with E-state index in [9.17, 15) is 0 Å². The third-order valence-corrected chi connectivity index (χ3v) is 1.43. The number of anilines is 2. The van der Waals surface area contributed by atoms with Crippen LogP contribution in [0.15, 0.2) is 16.9 Å². The van der Waals surface area contributed by atoms with E-state index in [2.05, 4.69) is 15.2 Å². The van der Waals surface area contributed by atoms with Gasteiger partial charge in [0, 0.05) is 6.20 Å². The fourth-order valence-electron chi connectivity index (χ4n) is 0.937. The number of rotatable bonds is 2. The predicted molar refractivity (Wildman–Crippen MR) is 44.5 cm³/mol. The van der Waals surface area contributed by atoms with Gasteiger partial charge in [0.2, 0.25) is 5.89 Å². The molecule has 2 aromatic heterocycles. The van der Waals surface area contributed by atoms with Crippen LogP contribution in [0.3, 0.4) is 0 Å². The molecule has 7 nitrogen and oxygen atoms in total. The molecule has 0 aromatic carbocycles. The summed E-state index contributed by atoms with van der Waals surface area (Å²) in [7, 11) is 0. The number of nitrogens with two attached hydrogens (primary N) is 2. The normalized spacial score (nSPS) is 10.5. The van der Waals surface area contributed by atoms with Crippen LogP contribution >= 0.6 is 0 Å². The third kappa shape index (κ3) is 1.58. The van der Waals surface area contributed by atoms with Crippen LogP contribution in [-0.2, 0) is 6.54 Å². The van der Waals surface area contributed by atoms with E-state index in [1.807, 2.05) is 0 Å². The molecule has 0 atom stereocenters. The number of aromatic nitrogens is 4. The first-order chi connectivity index (χ1) is 6.24. The van der Waals surface area contributed by atoms with E-state index in [0.717, 1.165) is 0 Å². The van der Waals surface area contributed by atoms with Crippen molar-refractivity contribution in [3.63, 3.8) is 0 Å². The predicted octanol–water partition coefficient (Wildman–Crippen LogP) is -0.521. The molecule has 0 unspecified atom stereocenters. The SMILES string of the molecule is Nc1cnn(Cc2nc(N)no2)c1. The van der Waals surface area contributed by atoms with Crippen molar-refractivity contribution in [2.24, 2.45) is 0 Å². The summed E-state index contributed by atoms with van der Waals surface area (Å²) in [6, 6.07) is 0. The Balaban J connectivity index is 2.14. The second-order valence-corrected chi connectivity index (χ2v) is 2.52. The second-order valence-electron chi connectivity index (χ2n) is 2.52. The Kier molecular flexibility index (Phi) is 1.62. The standard InChI is InChI=1S/C6H8N6O/c7-4-1-9-12(2-4)3-5-10-6(8)11-13-5/h1-2H,3,7H2,(H2,8,11). The summed E-state index contributed by atoms with van der Waals surface area (Å²) >= 11 is 0. The highest BCUT2D eigenvalue weighted by molar-refractivity contribution is 5.30. The van der Waals surface area contributed by atoms with Crippen molar-refractivity contribution in [3.05, 3.63) is 18.3 Å². The maximum absolute atomic E-state index is 5.46. The zero-order valence-corrected chi connectivity index (χ0v) is 6.71. The minimum atomic E-state index is 0.120. The number of hydrogen-bond acceptors (Lipinski definition) is 6. The molecule has 0 aliphatic carbocycles. The first-order valence-electron chi connectivity index (χ1n) is 3.60. The third-order valence-electron chi connectivity index (χ3n) is 1.43. The highest BCUT2D eigenvalue weighted by Gasteiger charge is 2.04. The Labute approximate surface area is 73.3 Å². The molecule has 68 valence electrons. The molecule has 0 bridgehead atoms. The average Bonchev–Trinajstić information content (AvgIpc) is 2.62. The van der Waals surface area contributed by atoms with Gasteiger partial charge in [0.1, 0.15) is 6.54 Å². The second kappa shape index (κ2) is 2.77. The van der Waals surface area contributed by atoms with Gasteiger partial charge in [-0.15, -0.1) is 0 Å². The molecule has 0 fully saturated rings. The molecule has 0 spiro atoms. The quantitative estimate of drug-likeness (QED) is 0.643. The maximum atomic E-state index is 5.46. The van der Waals surface area contributed by atoms with Gasteiger partial charge in [-0.25, -0.2) is 0 Å². The summed E-state index contributed by atoms with van der Waals surface area (Å²) in [6.45, 7) is 0.376. The van der Waals surface area contributed by atoms with E-state index >= 15 is 0 Å². The van der Waals surface area contributed by atoms with Crippen LogP contribution in [0.5, 0.6) is 0 Å². The average molecular weight is 180 g/mol. The Morgan fingerprint density at radius 1 is 1.46 bits per heavy atom. The molecule has 4 N–H and O–H groups in total. The van der Waals surface area contributed by atoms with E-state index in [4.69, 9.17) is 16.0 Å². The Morgan fingerprint density at radius 3 is 2.85 bits per heavy atom. The van der Waals surface area contributed by atoms with E-state index in [1.54, 1.807) is 17.1 Å². The topological polar surface area (TPSA) is 109 Å². The van der Waals surface area contributed by atoms with E-state index in [-0.39, 0.29) is 5.95 Å². The van der Waals surface area contributed by atoms with Gasteiger partial charge in [-0.1, -0.05) is 0 Å². The van der Waals surface area contributed by atoms with E-state index in [1.165, 1.54) is 0 Å². The Morgan fingerprint density at radius 2 is 2.31 bits per heavy atom. The van der Waals surface area contributed by atoms with Crippen molar-refractivity contribution in [3.8, 4) is 0 Å². The van der Waals surface area contributed by atoms with Gasteiger partial charge in [-0.3, -0.25) is 4.68 Å². The Bertz CT molecular complexity index is 366. The van der Waals surface area contributed by atoms with Gasteiger partial charge in [0.05, 0.1) is 11.9 Å². The smallest absolute Gasteiger partial charge is 0.260 e. The van der Waals surface area contributed by atoms with Crippen molar-refractivity contribution in [1.29, 1.82) is 0 Å². The fraction of sp³-hybridized carbons (Fsp3) is 0.167. The highest BCUT2D eigenvalue weighted by atomic mass is 16.5. The molecule has 2 rings (SSSR count). The highest BCUT2D eigenvalue weighted by Crippen LogP contribution is 2.03. The first-order valence-corrected chi connectivity index (χ1v) is 3.60. The number of hydrogen-bond donors (Lipinski definition) is 2. The zero-order valence-electron chi connectivity index (χ0n) is 6.71. The van der Waals surface area contributed by atoms with Gasteiger partial charge in [-0.2, -0.15) is 10.1 Å². The van der Waals surface area contributed by atoms with Crippen LogP contribution in [0.4, 0.5) is 11.6 Å². The molecule has 0 amide bonds. The van der Waals surface area contributed by atoms with Gasteiger partial charge in [0.15, 0.2) is 0 Å². The van der Waals surface area contributed by atoms with Crippen LogP contribution in [0.25, 0.3) is 0 Å². The monoisotopic (exact) mass is 180 g/mol. The molecule has 2 aromatic rings. The lowest BCUT2D eigenvalue weighted by Crippen LogP contribution is -2.00. The lowest BCUT2D eigenvalue weighted by Gasteiger charge is -1.92. The lowest BCUT2D eigenvalue weighted by atomic mass is 10.6. The fourth-order valence-corrected chi connectivity index (χ4v) is 0.937. The number of nitrogen functional groups attached to an aromatic ring is 2. The minimum absolute atomic E-state index is 0.120. The molecule has 7 heteroatoms. The molecule has 0 radical (unpaired) electrons. The zero-order chi connectivity index (χ0) is 9.26. The van der Waals surface area contributed by atoms with Crippen molar-refractivity contribution < 1.29 is 4.52 Å². The molecular formula is C6H8N6O. The summed E-state index contributed by atoms with van der Waals surface area (Å²) in [6.07, 6.45) is 3.21. The van der Waals surface area contributed by atoms with E-state index in [0.29, 0.717) is 18.1 Å². The Hall–Kier alpha value is -2.05. The van der Waals surface area contributed by atoms with Gasteiger partial charge in [-0.05, 0) is 5.16 Å². The molecule has 13 heavy (non-hydrogen) atoms. The molecular weight excluding hydrogens is 172 g/mol. The summed E-state index contributed by atoms with van der Waals surface area (Å²) in [5.41, 5.74) is 11.3. The first kappa shape index (κ1) is 7.59. The summed E-state index contributed by atoms with van der Waals surface area (Å²) in [5.74, 6) is 0.524. The van der Waals surface area contributed by atoms with Gasteiger partial charge in [0.25, 0.3) is 5.95 Å². The van der Waals surface area contributed by atoms with Gasteiger partial charge < -0.3 is 16.0 Å². The van der Waals surface area contributed by atoms with Crippen molar-refractivity contribution in [2.45, 2.75) is 6.54 Å². The van der Waals surface area contributed by atoms with E-state index < -0.39 is 0 Å². The van der Waals surface area contributed by atoms with Crippen LogP contribution in [0, 0.1) is 0 Å². The number of nitrogens with zero attached hydrogens (tertiary/aromatic N) is 4. The van der Waals surface area contributed by atoms with Crippen LogP contribution in [-0.4, -0.2) is 19.9 Å². The minimum Gasteiger partial charge on any atom is -0.396 e. The molecule has 0 aliphatic heterocycles. The summed E-state index contributed by atoms with van der Waals surface area (Å²) in [4.78, 5) is 3.81.